The summed E-state index contributed by atoms with van der Waals surface area (Å²) < 4.78 is 6.91. The summed E-state index contributed by atoms with van der Waals surface area (Å²) in [6, 6.07) is 7.37. The molecule has 9 nitrogen and oxygen atoms in total. The van der Waals surface area contributed by atoms with E-state index in [9.17, 15) is 19.2 Å². The number of fused-ring (bicyclic) bond motifs is 1. The summed E-state index contributed by atoms with van der Waals surface area (Å²) in [5, 5.41) is 0.799. The summed E-state index contributed by atoms with van der Waals surface area (Å²) in [7, 11) is 2.58. The van der Waals surface area contributed by atoms with E-state index in [0.29, 0.717) is 11.3 Å². The highest BCUT2D eigenvalue weighted by molar-refractivity contribution is 6.03. The average molecular weight is 396 g/mol. The molecule has 0 unspecified atom stereocenters. The maximum atomic E-state index is 12.6. The van der Waals surface area contributed by atoms with Crippen LogP contribution >= 0.6 is 0 Å². The number of aromatic nitrogens is 3. The minimum Gasteiger partial charge on any atom is -0.454 e. The van der Waals surface area contributed by atoms with E-state index in [1.165, 1.54) is 14.1 Å². The van der Waals surface area contributed by atoms with Crippen molar-refractivity contribution in [3.8, 4) is 0 Å². The van der Waals surface area contributed by atoms with Gasteiger partial charge in [-0.3, -0.25) is 23.7 Å². The summed E-state index contributed by atoms with van der Waals surface area (Å²) in [5.74, 6) is -1.80. The van der Waals surface area contributed by atoms with Crippen LogP contribution in [0.2, 0.25) is 0 Å². The third-order valence-electron chi connectivity index (χ3n) is 4.86. The van der Waals surface area contributed by atoms with Gasteiger partial charge in [0.25, 0.3) is 5.56 Å². The molecule has 0 spiro atoms. The fourth-order valence-electron chi connectivity index (χ4n) is 3.23. The number of esters is 1. The van der Waals surface area contributed by atoms with Gasteiger partial charge in [0.2, 0.25) is 5.78 Å². The van der Waals surface area contributed by atoms with Gasteiger partial charge in [-0.05, 0) is 25.5 Å². The van der Waals surface area contributed by atoms with Crippen LogP contribution in [0.15, 0.2) is 33.9 Å². The number of hydrogen-bond donors (Lipinski definition) is 1. The lowest BCUT2D eigenvalue weighted by Crippen LogP contribution is -2.42. The Kier molecular flexibility index (Phi) is 5.06. The quantitative estimate of drug-likeness (QED) is 0.512. The molecule has 0 radical (unpaired) electrons. The minimum atomic E-state index is -0.841. The van der Waals surface area contributed by atoms with Gasteiger partial charge in [0.1, 0.15) is 11.4 Å². The largest absolute Gasteiger partial charge is 0.454 e. The van der Waals surface area contributed by atoms with Crippen molar-refractivity contribution in [1.29, 1.82) is 0 Å². The summed E-state index contributed by atoms with van der Waals surface area (Å²) in [6.07, 6.45) is 0. The molecule has 0 aliphatic carbocycles. The molecule has 0 saturated heterocycles. The molecule has 0 bridgehead atoms. The molecule has 0 atom stereocenters. The second-order valence-corrected chi connectivity index (χ2v) is 6.68. The normalized spacial score (nSPS) is 10.9. The summed E-state index contributed by atoms with van der Waals surface area (Å²) in [5.41, 5.74) is 6.03. The van der Waals surface area contributed by atoms with E-state index in [-0.39, 0.29) is 11.4 Å². The summed E-state index contributed by atoms with van der Waals surface area (Å²) >= 11 is 0. The Bertz CT molecular complexity index is 1290. The first-order chi connectivity index (χ1) is 13.6. The minimum absolute atomic E-state index is 0.262. The smallest absolute Gasteiger partial charge is 0.340 e. The summed E-state index contributed by atoms with van der Waals surface area (Å²) in [6.45, 7) is 2.76. The van der Waals surface area contributed by atoms with Crippen LogP contribution in [0, 0.1) is 13.8 Å². The highest BCUT2D eigenvalue weighted by Crippen LogP contribution is 2.23. The topological polar surface area (TPSA) is 126 Å². The van der Waals surface area contributed by atoms with E-state index < -0.39 is 35.2 Å². The van der Waals surface area contributed by atoms with Crippen LogP contribution < -0.4 is 17.0 Å². The van der Waals surface area contributed by atoms with E-state index in [1.54, 1.807) is 13.8 Å². The van der Waals surface area contributed by atoms with Crippen molar-refractivity contribution < 1.29 is 14.3 Å². The Morgan fingerprint density at radius 2 is 1.72 bits per heavy atom. The lowest BCUT2D eigenvalue weighted by Gasteiger charge is -2.13. The van der Waals surface area contributed by atoms with Crippen LogP contribution in [0.4, 0.5) is 5.82 Å². The zero-order valence-corrected chi connectivity index (χ0v) is 16.5. The van der Waals surface area contributed by atoms with Gasteiger partial charge in [0, 0.05) is 19.5 Å². The monoisotopic (exact) mass is 396 g/mol. The fraction of sp³-hybridized carbons (Fsp3) is 0.250. The molecule has 0 saturated carbocycles. The number of hydrogen-bond acceptors (Lipinski definition) is 7. The Morgan fingerprint density at radius 1 is 1.07 bits per heavy atom. The second-order valence-electron chi connectivity index (χ2n) is 6.68. The zero-order valence-electron chi connectivity index (χ0n) is 16.5. The molecular formula is C20H20N4O5. The number of benzene rings is 1. The summed E-state index contributed by atoms with van der Waals surface area (Å²) in [4.78, 5) is 53.7. The highest BCUT2D eigenvalue weighted by atomic mass is 16.5. The van der Waals surface area contributed by atoms with Gasteiger partial charge in [0.15, 0.2) is 6.61 Å². The van der Waals surface area contributed by atoms with Gasteiger partial charge in [-0.15, -0.1) is 0 Å². The predicted octanol–water partition coefficient (Wildman–Crippen LogP) is 0.871. The number of nitrogen functional groups attached to an aromatic ring is 1. The Morgan fingerprint density at radius 3 is 2.41 bits per heavy atom. The first-order valence-electron chi connectivity index (χ1n) is 8.76. The Balaban J connectivity index is 1.91. The standard InChI is InChI=1S/C20H20N4O5/c1-10-12-7-5-6-8-13(12)22-11(2)15(10)19(27)29-9-14(25)16-17(21)23(3)20(28)24(4)18(16)26/h5-8H,9,21H2,1-4H3. The molecule has 0 amide bonds. The van der Waals surface area contributed by atoms with Gasteiger partial charge in [-0.1, -0.05) is 18.2 Å². The number of para-hydroxylation sites is 1. The van der Waals surface area contributed by atoms with Crippen LogP contribution in [0.5, 0.6) is 0 Å². The van der Waals surface area contributed by atoms with E-state index >= 15 is 0 Å². The molecule has 0 aliphatic heterocycles. The number of pyridine rings is 1. The zero-order chi connectivity index (χ0) is 21.5. The number of carbonyl (C=O) groups is 2. The van der Waals surface area contributed by atoms with Crippen molar-refractivity contribution in [2.75, 3.05) is 12.3 Å². The fourth-order valence-corrected chi connectivity index (χ4v) is 3.23. The van der Waals surface area contributed by atoms with E-state index in [4.69, 9.17) is 10.5 Å². The van der Waals surface area contributed by atoms with E-state index in [0.717, 1.165) is 20.0 Å². The first-order valence-corrected chi connectivity index (χ1v) is 8.76. The van der Waals surface area contributed by atoms with E-state index in [2.05, 4.69) is 4.98 Å². The Labute approximate surface area is 165 Å². The lowest BCUT2D eigenvalue weighted by molar-refractivity contribution is 0.0472. The predicted molar refractivity (Wildman–Crippen MR) is 107 cm³/mol. The number of anilines is 1. The molecular weight excluding hydrogens is 376 g/mol. The number of aryl methyl sites for hydroxylation is 2. The number of ketones is 1. The average Bonchev–Trinajstić information content (AvgIpc) is 2.69. The molecule has 0 fully saturated rings. The van der Waals surface area contributed by atoms with Crippen LogP contribution in [0.1, 0.15) is 32.0 Å². The molecule has 9 heteroatoms. The van der Waals surface area contributed by atoms with Gasteiger partial charge in [-0.25, -0.2) is 9.59 Å². The van der Waals surface area contributed by atoms with Gasteiger partial charge in [-0.2, -0.15) is 0 Å². The number of nitrogens with zero attached hydrogens (tertiary/aromatic N) is 3. The van der Waals surface area contributed by atoms with Crippen LogP contribution in [0.3, 0.4) is 0 Å². The first kappa shape index (κ1) is 20.0. The maximum Gasteiger partial charge on any atom is 0.340 e. The van der Waals surface area contributed by atoms with Crippen molar-refractivity contribution in [2.45, 2.75) is 13.8 Å². The third kappa shape index (κ3) is 3.31. The SMILES string of the molecule is Cc1nc2ccccc2c(C)c1C(=O)OCC(=O)c1c(N)n(C)c(=O)n(C)c1=O. The van der Waals surface area contributed by atoms with E-state index in [1.807, 2.05) is 24.3 Å². The number of rotatable bonds is 4. The molecule has 2 N–H and O–H groups in total. The van der Waals surface area contributed by atoms with Crippen LogP contribution in [0.25, 0.3) is 10.9 Å². The highest BCUT2D eigenvalue weighted by Gasteiger charge is 2.23. The van der Waals surface area contributed by atoms with Crippen molar-refractivity contribution in [3.05, 3.63) is 67.5 Å². The molecule has 2 aromatic heterocycles. The number of nitrogens with two attached hydrogens (primary N) is 1. The Hall–Kier alpha value is -3.75. The maximum absolute atomic E-state index is 12.6. The molecule has 1 aromatic carbocycles. The third-order valence-corrected chi connectivity index (χ3v) is 4.86. The van der Waals surface area contributed by atoms with Gasteiger partial charge in [0.05, 0.1) is 16.8 Å². The molecule has 2 heterocycles. The van der Waals surface area contributed by atoms with Crippen LogP contribution in [-0.4, -0.2) is 32.5 Å². The molecule has 29 heavy (non-hydrogen) atoms. The number of carbonyl (C=O) groups excluding carboxylic acids is 2. The molecule has 0 aliphatic rings. The van der Waals surface area contributed by atoms with Gasteiger partial charge >= 0.3 is 11.7 Å². The van der Waals surface area contributed by atoms with Crippen molar-refractivity contribution >= 4 is 28.5 Å². The molecule has 150 valence electrons. The molecule has 3 rings (SSSR count). The van der Waals surface area contributed by atoms with Crippen LogP contribution in [-0.2, 0) is 18.8 Å². The molecule has 3 aromatic rings. The lowest BCUT2D eigenvalue weighted by atomic mass is 10.0. The number of Topliss-reactive ketones (excluding diaryl/α,β-unsaturated/α-hetero) is 1. The van der Waals surface area contributed by atoms with Crippen molar-refractivity contribution in [2.24, 2.45) is 14.1 Å². The number of ether oxygens (including phenoxy) is 1. The van der Waals surface area contributed by atoms with Crippen molar-refractivity contribution in [1.82, 2.24) is 14.1 Å². The van der Waals surface area contributed by atoms with Crippen molar-refractivity contribution in [3.63, 3.8) is 0 Å². The van der Waals surface area contributed by atoms with Gasteiger partial charge < -0.3 is 10.5 Å². The second kappa shape index (κ2) is 7.34.